The van der Waals surface area contributed by atoms with E-state index in [4.69, 9.17) is 4.74 Å². The van der Waals surface area contributed by atoms with Crippen LogP contribution in [0.2, 0.25) is 0 Å². The Hall–Kier alpha value is -3.47. The molecule has 1 amide bonds. The molecule has 0 aliphatic rings. The number of carbonyl (C=O) groups excluding carboxylic acids is 2. The van der Waals surface area contributed by atoms with Crippen LogP contribution in [0.15, 0.2) is 78.9 Å². The van der Waals surface area contributed by atoms with Crippen LogP contribution >= 0.6 is 0 Å². The summed E-state index contributed by atoms with van der Waals surface area (Å²) in [7, 11) is 1.59. The highest BCUT2D eigenvalue weighted by Gasteiger charge is 2.13. The van der Waals surface area contributed by atoms with Crippen LogP contribution in [0, 0.1) is 5.82 Å². The zero-order chi connectivity index (χ0) is 20.6. The first-order valence-corrected chi connectivity index (χ1v) is 9.29. The van der Waals surface area contributed by atoms with E-state index < -0.39 is 5.97 Å². The molecule has 0 heterocycles. The molecule has 3 rings (SSSR count). The largest absolute Gasteiger partial charge is 0.455 e. The molecule has 0 saturated heterocycles. The van der Waals surface area contributed by atoms with E-state index in [1.165, 1.54) is 17.0 Å². The van der Waals surface area contributed by atoms with Crippen molar-refractivity contribution in [3.8, 4) is 11.1 Å². The molecular formula is C24H22FNO3. The van der Waals surface area contributed by atoms with Crippen LogP contribution in [-0.2, 0) is 27.3 Å². The SMILES string of the molecule is CN(Cc1cccc(F)c1)C(=O)COC(=O)Cc1ccc(-c2ccccc2)cc1. The van der Waals surface area contributed by atoms with Crippen molar-refractivity contribution in [3.63, 3.8) is 0 Å². The summed E-state index contributed by atoms with van der Waals surface area (Å²) in [5.41, 5.74) is 3.66. The van der Waals surface area contributed by atoms with E-state index in [0.29, 0.717) is 5.56 Å². The summed E-state index contributed by atoms with van der Waals surface area (Å²) in [6.45, 7) is -0.0954. The van der Waals surface area contributed by atoms with Crippen LogP contribution in [0.1, 0.15) is 11.1 Å². The Morgan fingerprint density at radius 1 is 0.862 bits per heavy atom. The summed E-state index contributed by atoms with van der Waals surface area (Å²) in [4.78, 5) is 25.6. The third-order valence-electron chi connectivity index (χ3n) is 4.50. The molecule has 0 radical (unpaired) electrons. The van der Waals surface area contributed by atoms with Crippen molar-refractivity contribution in [1.29, 1.82) is 0 Å². The number of halogens is 1. The van der Waals surface area contributed by atoms with E-state index in [9.17, 15) is 14.0 Å². The van der Waals surface area contributed by atoms with Crippen LogP contribution in [0.3, 0.4) is 0 Å². The predicted molar refractivity (Wildman–Crippen MR) is 109 cm³/mol. The lowest BCUT2D eigenvalue weighted by atomic mass is 10.0. The van der Waals surface area contributed by atoms with Crippen molar-refractivity contribution in [3.05, 3.63) is 95.8 Å². The third-order valence-corrected chi connectivity index (χ3v) is 4.50. The van der Waals surface area contributed by atoms with Gasteiger partial charge in [-0.05, 0) is 34.4 Å². The van der Waals surface area contributed by atoms with Crippen LogP contribution in [0.25, 0.3) is 11.1 Å². The van der Waals surface area contributed by atoms with Gasteiger partial charge in [-0.2, -0.15) is 0 Å². The fourth-order valence-electron chi connectivity index (χ4n) is 2.91. The zero-order valence-electron chi connectivity index (χ0n) is 16.2. The molecule has 0 atom stereocenters. The number of amides is 1. The molecule has 0 aliphatic carbocycles. The van der Waals surface area contributed by atoms with E-state index in [0.717, 1.165) is 16.7 Å². The van der Waals surface area contributed by atoms with E-state index >= 15 is 0 Å². The maximum Gasteiger partial charge on any atom is 0.310 e. The number of carbonyl (C=O) groups is 2. The van der Waals surface area contributed by atoms with Crippen molar-refractivity contribution in [2.75, 3.05) is 13.7 Å². The summed E-state index contributed by atoms with van der Waals surface area (Å²) in [5.74, 6) is -1.17. The van der Waals surface area contributed by atoms with Crippen LogP contribution in [0.4, 0.5) is 4.39 Å². The Bertz CT molecular complexity index is 971. The second-order valence-electron chi connectivity index (χ2n) is 6.78. The number of esters is 1. The van der Waals surface area contributed by atoms with Crippen molar-refractivity contribution < 1.29 is 18.7 Å². The molecule has 0 bridgehead atoms. The Morgan fingerprint density at radius 3 is 2.24 bits per heavy atom. The molecular weight excluding hydrogens is 369 g/mol. The lowest BCUT2D eigenvalue weighted by Crippen LogP contribution is -2.31. The maximum atomic E-state index is 13.2. The van der Waals surface area contributed by atoms with Gasteiger partial charge in [-0.25, -0.2) is 4.39 Å². The normalized spacial score (nSPS) is 10.4. The van der Waals surface area contributed by atoms with Crippen LogP contribution < -0.4 is 0 Å². The first-order valence-electron chi connectivity index (χ1n) is 9.29. The highest BCUT2D eigenvalue weighted by Crippen LogP contribution is 2.19. The Morgan fingerprint density at radius 2 is 1.55 bits per heavy atom. The van der Waals surface area contributed by atoms with Gasteiger partial charge in [0.1, 0.15) is 5.82 Å². The molecule has 4 nitrogen and oxygen atoms in total. The van der Waals surface area contributed by atoms with Gasteiger partial charge in [-0.1, -0.05) is 66.7 Å². The molecule has 0 aromatic heterocycles. The summed E-state index contributed by atoms with van der Waals surface area (Å²) in [6, 6.07) is 23.7. The Labute approximate surface area is 169 Å². The highest BCUT2D eigenvalue weighted by molar-refractivity contribution is 5.81. The lowest BCUT2D eigenvalue weighted by Gasteiger charge is -2.17. The molecule has 5 heteroatoms. The molecule has 0 N–H and O–H groups in total. The molecule has 3 aromatic rings. The van der Waals surface area contributed by atoms with Gasteiger partial charge in [-0.15, -0.1) is 0 Å². The predicted octanol–water partition coefficient (Wildman–Crippen LogP) is 4.24. The molecule has 0 spiro atoms. The minimum absolute atomic E-state index is 0.0932. The maximum absolute atomic E-state index is 13.2. The number of hydrogen-bond donors (Lipinski definition) is 0. The van der Waals surface area contributed by atoms with Crippen LogP contribution in [0.5, 0.6) is 0 Å². The number of likely N-dealkylation sites (N-methyl/N-ethyl adjacent to an activating group) is 1. The van der Waals surface area contributed by atoms with E-state index in [2.05, 4.69) is 0 Å². The number of benzene rings is 3. The molecule has 0 saturated carbocycles. The number of ether oxygens (including phenoxy) is 1. The molecule has 148 valence electrons. The zero-order valence-corrected chi connectivity index (χ0v) is 16.2. The minimum atomic E-state index is -0.468. The highest BCUT2D eigenvalue weighted by atomic mass is 19.1. The lowest BCUT2D eigenvalue weighted by molar-refractivity contribution is -0.151. The summed E-state index contributed by atoms with van der Waals surface area (Å²) < 4.78 is 18.3. The minimum Gasteiger partial charge on any atom is -0.455 e. The summed E-state index contributed by atoms with van der Waals surface area (Å²) in [5, 5.41) is 0. The Balaban J connectivity index is 1.47. The van der Waals surface area contributed by atoms with Gasteiger partial charge in [-0.3, -0.25) is 9.59 Å². The van der Waals surface area contributed by atoms with Gasteiger partial charge in [0.05, 0.1) is 6.42 Å². The van der Waals surface area contributed by atoms with Crippen LogP contribution in [-0.4, -0.2) is 30.4 Å². The molecule has 0 fully saturated rings. The first-order chi connectivity index (χ1) is 14.0. The second kappa shape index (κ2) is 9.64. The van der Waals surface area contributed by atoms with Gasteiger partial charge in [0.15, 0.2) is 6.61 Å². The van der Waals surface area contributed by atoms with Crippen molar-refractivity contribution in [2.45, 2.75) is 13.0 Å². The number of nitrogens with zero attached hydrogens (tertiary/aromatic N) is 1. The van der Waals surface area contributed by atoms with Crippen molar-refractivity contribution >= 4 is 11.9 Å². The van der Waals surface area contributed by atoms with Crippen molar-refractivity contribution in [1.82, 2.24) is 4.90 Å². The average molecular weight is 391 g/mol. The van der Waals surface area contributed by atoms with Crippen molar-refractivity contribution in [2.24, 2.45) is 0 Å². The quantitative estimate of drug-likeness (QED) is 0.566. The smallest absolute Gasteiger partial charge is 0.310 e. The monoisotopic (exact) mass is 391 g/mol. The average Bonchev–Trinajstić information content (AvgIpc) is 2.73. The fraction of sp³-hybridized carbons (Fsp3) is 0.167. The topological polar surface area (TPSA) is 46.6 Å². The van der Waals surface area contributed by atoms with Gasteiger partial charge < -0.3 is 9.64 Å². The van der Waals surface area contributed by atoms with E-state index in [-0.39, 0.29) is 31.3 Å². The number of hydrogen-bond acceptors (Lipinski definition) is 3. The molecule has 3 aromatic carbocycles. The summed E-state index contributed by atoms with van der Waals surface area (Å²) in [6.07, 6.45) is 0.0932. The molecule has 29 heavy (non-hydrogen) atoms. The second-order valence-corrected chi connectivity index (χ2v) is 6.78. The molecule has 0 aliphatic heterocycles. The summed E-state index contributed by atoms with van der Waals surface area (Å²) >= 11 is 0. The molecule has 0 unspecified atom stereocenters. The van der Waals surface area contributed by atoms with Gasteiger partial charge >= 0.3 is 5.97 Å². The first kappa shape index (κ1) is 20.3. The third kappa shape index (κ3) is 6.01. The van der Waals surface area contributed by atoms with E-state index in [1.807, 2.05) is 54.6 Å². The standard InChI is InChI=1S/C24H22FNO3/c1-26(16-19-6-5-9-22(25)14-19)23(27)17-29-24(28)15-18-10-12-21(13-11-18)20-7-3-2-4-8-20/h2-14H,15-17H2,1H3. The van der Waals surface area contributed by atoms with E-state index in [1.54, 1.807) is 19.2 Å². The van der Waals surface area contributed by atoms with Gasteiger partial charge in [0.25, 0.3) is 5.91 Å². The van der Waals surface area contributed by atoms with Gasteiger partial charge in [0.2, 0.25) is 0 Å². The number of rotatable bonds is 7. The Kier molecular flexibility index (Phi) is 6.74. The fourth-order valence-corrected chi connectivity index (χ4v) is 2.91. The van der Waals surface area contributed by atoms with Gasteiger partial charge in [0, 0.05) is 13.6 Å².